The van der Waals surface area contributed by atoms with Gasteiger partial charge in [-0.2, -0.15) is 5.26 Å². The predicted molar refractivity (Wildman–Crippen MR) is 51.7 cm³/mol. The Labute approximate surface area is 81.6 Å². The molecule has 0 bridgehead atoms. The number of hydrogen-bond donors (Lipinski definition) is 2. The van der Waals surface area contributed by atoms with Gasteiger partial charge in [-0.15, -0.1) is 0 Å². The van der Waals surface area contributed by atoms with Gasteiger partial charge < -0.3 is 10.8 Å². The van der Waals surface area contributed by atoms with Crippen molar-refractivity contribution in [2.75, 3.05) is 5.73 Å². The second-order valence-electron chi connectivity index (χ2n) is 2.88. The fraction of sp³-hybridized carbons (Fsp3) is 0.200. The minimum absolute atomic E-state index is 0.201. The highest BCUT2D eigenvalue weighted by atomic mass is 16.4. The SMILES string of the molecule is N#CCCc1cc(C(=O)O)ccc1N. The van der Waals surface area contributed by atoms with Gasteiger partial charge in [0.05, 0.1) is 11.6 Å². The van der Waals surface area contributed by atoms with Crippen molar-refractivity contribution in [3.8, 4) is 6.07 Å². The molecule has 1 aromatic carbocycles. The van der Waals surface area contributed by atoms with Crippen LogP contribution in [0.4, 0.5) is 5.69 Å². The number of carboxylic acids is 1. The Bertz CT molecular complexity index is 394. The average Bonchev–Trinajstić information content (AvgIpc) is 2.16. The van der Waals surface area contributed by atoms with Crippen LogP contribution in [0.3, 0.4) is 0 Å². The average molecular weight is 190 g/mol. The molecule has 0 amide bonds. The lowest BCUT2D eigenvalue weighted by Crippen LogP contribution is -2.00. The predicted octanol–water partition coefficient (Wildman–Crippen LogP) is 1.42. The monoisotopic (exact) mass is 190 g/mol. The number of nitrogens with zero attached hydrogens (tertiary/aromatic N) is 1. The van der Waals surface area contributed by atoms with Gasteiger partial charge in [-0.05, 0) is 30.2 Å². The standard InChI is InChI=1S/C10H10N2O2/c11-5-1-2-7-6-8(10(13)14)3-4-9(7)12/h3-4,6H,1-2,12H2,(H,13,14). The third kappa shape index (κ3) is 2.23. The van der Waals surface area contributed by atoms with Gasteiger partial charge in [0.25, 0.3) is 0 Å². The van der Waals surface area contributed by atoms with E-state index in [1.165, 1.54) is 12.1 Å². The zero-order valence-electron chi connectivity index (χ0n) is 7.53. The minimum Gasteiger partial charge on any atom is -0.478 e. The van der Waals surface area contributed by atoms with Crippen molar-refractivity contribution >= 4 is 11.7 Å². The normalized spacial score (nSPS) is 9.36. The molecule has 14 heavy (non-hydrogen) atoms. The number of nitrogen functional groups attached to an aromatic ring is 1. The third-order valence-corrected chi connectivity index (χ3v) is 1.90. The summed E-state index contributed by atoms with van der Waals surface area (Å²) in [7, 11) is 0. The summed E-state index contributed by atoms with van der Waals surface area (Å²) in [4.78, 5) is 10.6. The van der Waals surface area contributed by atoms with Gasteiger partial charge in [0, 0.05) is 12.1 Å². The molecule has 0 fully saturated rings. The Morgan fingerprint density at radius 1 is 1.57 bits per heavy atom. The Balaban J connectivity index is 2.97. The summed E-state index contributed by atoms with van der Waals surface area (Å²) >= 11 is 0. The summed E-state index contributed by atoms with van der Waals surface area (Å²) in [5, 5.41) is 17.1. The van der Waals surface area contributed by atoms with Crippen molar-refractivity contribution in [1.29, 1.82) is 5.26 Å². The van der Waals surface area contributed by atoms with E-state index in [0.717, 1.165) is 0 Å². The number of benzene rings is 1. The lowest BCUT2D eigenvalue weighted by molar-refractivity contribution is 0.0697. The fourth-order valence-electron chi connectivity index (χ4n) is 1.15. The molecule has 0 atom stereocenters. The van der Waals surface area contributed by atoms with E-state index in [4.69, 9.17) is 16.1 Å². The molecule has 4 nitrogen and oxygen atoms in total. The summed E-state index contributed by atoms with van der Waals surface area (Å²) in [6.45, 7) is 0. The summed E-state index contributed by atoms with van der Waals surface area (Å²) < 4.78 is 0. The van der Waals surface area contributed by atoms with Gasteiger partial charge in [-0.3, -0.25) is 0 Å². The first-order valence-corrected chi connectivity index (χ1v) is 4.14. The topological polar surface area (TPSA) is 87.1 Å². The molecular formula is C10H10N2O2. The minimum atomic E-state index is -0.983. The highest BCUT2D eigenvalue weighted by molar-refractivity contribution is 5.88. The lowest BCUT2D eigenvalue weighted by Gasteiger charge is -2.04. The van der Waals surface area contributed by atoms with E-state index in [1.54, 1.807) is 6.07 Å². The quantitative estimate of drug-likeness (QED) is 0.705. The Morgan fingerprint density at radius 3 is 2.86 bits per heavy atom. The highest BCUT2D eigenvalue weighted by Gasteiger charge is 2.05. The molecule has 0 aliphatic rings. The van der Waals surface area contributed by atoms with Crippen molar-refractivity contribution in [2.24, 2.45) is 0 Å². The lowest BCUT2D eigenvalue weighted by atomic mass is 10.0. The molecular weight excluding hydrogens is 180 g/mol. The molecule has 0 aromatic heterocycles. The van der Waals surface area contributed by atoms with Crippen LogP contribution >= 0.6 is 0 Å². The second-order valence-corrected chi connectivity index (χ2v) is 2.88. The van der Waals surface area contributed by atoms with Crippen LogP contribution in [0.25, 0.3) is 0 Å². The van der Waals surface area contributed by atoms with Crippen molar-refractivity contribution < 1.29 is 9.90 Å². The van der Waals surface area contributed by atoms with E-state index in [9.17, 15) is 4.79 Å². The molecule has 0 saturated carbocycles. The Kier molecular flexibility index (Phi) is 3.08. The first-order valence-electron chi connectivity index (χ1n) is 4.14. The Hall–Kier alpha value is -2.02. The molecule has 1 rings (SSSR count). The van der Waals surface area contributed by atoms with Crippen molar-refractivity contribution in [3.05, 3.63) is 29.3 Å². The van der Waals surface area contributed by atoms with Gasteiger partial charge in [0.1, 0.15) is 0 Å². The van der Waals surface area contributed by atoms with Crippen LogP contribution in [-0.2, 0) is 6.42 Å². The van der Waals surface area contributed by atoms with Crippen LogP contribution in [0, 0.1) is 11.3 Å². The second kappa shape index (κ2) is 4.28. The molecule has 1 aromatic rings. The van der Waals surface area contributed by atoms with Gasteiger partial charge in [-0.1, -0.05) is 0 Å². The maximum absolute atomic E-state index is 10.6. The smallest absolute Gasteiger partial charge is 0.335 e. The number of aromatic carboxylic acids is 1. The zero-order valence-corrected chi connectivity index (χ0v) is 7.53. The van der Waals surface area contributed by atoms with Gasteiger partial charge >= 0.3 is 5.97 Å². The number of nitrogens with two attached hydrogens (primary N) is 1. The highest BCUT2D eigenvalue weighted by Crippen LogP contribution is 2.15. The van der Waals surface area contributed by atoms with E-state index in [0.29, 0.717) is 24.1 Å². The van der Waals surface area contributed by atoms with Crippen molar-refractivity contribution in [1.82, 2.24) is 0 Å². The van der Waals surface area contributed by atoms with Crippen LogP contribution in [0.2, 0.25) is 0 Å². The van der Waals surface area contributed by atoms with E-state index in [2.05, 4.69) is 0 Å². The molecule has 0 unspecified atom stereocenters. The summed E-state index contributed by atoms with van der Waals surface area (Å²) in [6, 6.07) is 6.50. The van der Waals surface area contributed by atoms with E-state index >= 15 is 0 Å². The van der Waals surface area contributed by atoms with Crippen LogP contribution < -0.4 is 5.73 Å². The van der Waals surface area contributed by atoms with Crippen LogP contribution in [0.1, 0.15) is 22.3 Å². The number of rotatable bonds is 3. The summed E-state index contributed by atoms with van der Waals surface area (Å²) in [5.74, 6) is -0.983. The fourth-order valence-corrected chi connectivity index (χ4v) is 1.15. The van der Waals surface area contributed by atoms with Gasteiger partial charge in [0.15, 0.2) is 0 Å². The molecule has 4 heteroatoms. The number of hydrogen-bond acceptors (Lipinski definition) is 3. The van der Waals surface area contributed by atoms with Gasteiger partial charge in [0.2, 0.25) is 0 Å². The number of aryl methyl sites for hydroxylation is 1. The number of anilines is 1. The Morgan fingerprint density at radius 2 is 2.29 bits per heavy atom. The van der Waals surface area contributed by atoms with E-state index < -0.39 is 5.97 Å². The number of carbonyl (C=O) groups is 1. The summed E-state index contributed by atoms with van der Waals surface area (Å²) in [6.07, 6.45) is 0.830. The summed E-state index contributed by atoms with van der Waals surface area (Å²) in [5.41, 5.74) is 7.08. The third-order valence-electron chi connectivity index (χ3n) is 1.90. The van der Waals surface area contributed by atoms with Crippen LogP contribution in [0.5, 0.6) is 0 Å². The van der Waals surface area contributed by atoms with Crippen molar-refractivity contribution in [3.63, 3.8) is 0 Å². The molecule has 0 aliphatic heterocycles. The molecule has 0 heterocycles. The number of carboxylic acid groups (broad SMARTS) is 1. The molecule has 0 spiro atoms. The number of nitriles is 1. The maximum Gasteiger partial charge on any atom is 0.335 e. The van der Waals surface area contributed by atoms with Gasteiger partial charge in [-0.25, -0.2) is 4.79 Å². The maximum atomic E-state index is 10.6. The van der Waals surface area contributed by atoms with Crippen LogP contribution in [-0.4, -0.2) is 11.1 Å². The first-order chi connectivity index (χ1) is 6.65. The molecule has 0 radical (unpaired) electrons. The molecule has 72 valence electrons. The van der Waals surface area contributed by atoms with E-state index in [-0.39, 0.29) is 5.56 Å². The zero-order chi connectivity index (χ0) is 10.6. The van der Waals surface area contributed by atoms with Crippen LogP contribution in [0.15, 0.2) is 18.2 Å². The van der Waals surface area contributed by atoms with E-state index in [1.807, 2.05) is 6.07 Å². The van der Waals surface area contributed by atoms with Crippen molar-refractivity contribution in [2.45, 2.75) is 12.8 Å². The molecule has 0 saturated heterocycles. The molecule has 3 N–H and O–H groups in total. The first kappa shape index (κ1) is 10.1. The largest absolute Gasteiger partial charge is 0.478 e. The molecule has 0 aliphatic carbocycles.